The lowest BCUT2D eigenvalue weighted by Crippen LogP contribution is -2.21. The summed E-state index contributed by atoms with van der Waals surface area (Å²) in [5.41, 5.74) is 0.721. The molecule has 3 nitrogen and oxygen atoms in total. The standard InChI is InChI=1S/C13H18ClNO2S/c1-3-12(9-4-5-9)15-13-8-10(18(2,16)17)6-7-11(13)14/h6-9,12,15H,3-5H2,1-2H3. The Balaban J connectivity index is 2.26. The van der Waals surface area contributed by atoms with Crippen LogP contribution in [0.5, 0.6) is 0 Å². The van der Waals surface area contributed by atoms with Gasteiger partial charge in [0.2, 0.25) is 0 Å². The number of sulfone groups is 1. The summed E-state index contributed by atoms with van der Waals surface area (Å²) in [4.78, 5) is 0.306. The van der Waals surface area contributed by atoms with E-state index in [-0.39, 0.29) is 0 Å². The van der Waals surface area contributed by atoms with Gasteiger partial charge in [0.05, 0.1) is 15.6 Å². The molecule has 1 aliphatic carbocycles. The third-order valence-corrected chi connectivity index (χ3v) is 4.78. The van der Waals surface area contributed by atoms with Crippen LogP contribution in [0.4, 0.5) is 5.69 Å². The summed E-state index contributed by atoms with van der Waals surface area (Å²) in [5.74, 6) is 0.702. The van der Waals surface area contributed by atoms with E-state index in [1.54, 1.807) is 18.2 Å². The van der Waals surface area contributed by atoms with E-state index in [9.17, 15) is 8.42 Å². The van der Waals surface area contributed by atoms with E-state index in [2.05, 4.69) is 12.2 Å². The number of hydrogen-bond donors (Lipinski definition) is 1. The number of halogens is 1. The van der Waals surface area contributed by atoms with Crippen molar-refractivity contribution in [3.05, 3.63) is 23.2 Å². The normalized spacial score (nSPS) is 17.5. The van der Waals surface area contributed by atoms with Gasteiger partial charge >= 0.3 is 0 Å². The molecule has 2 rings (SSSR count). The lowest BCUT2D eigenvalue weighted by molar-refractivity contribution is 0.601. The van der Waals surface area contributed by atoms with E-state index >= 15 is 0 Å². The van der Waals surface area contributed by atoms with Gasteiger partial charge < -0.3 is 5.32 Å². The van der Waals surface area contributed by atoms with E-state index in [0.717, 1.165) is 12.1 Å². The molecular formula is C13H18ClNO2S. The second kappa shape index (κ2) is 5.10. The van der Waals surface area contributed by atoms with Crippen LogP contribution < -0.4 is 5.32 Å². The molecule has 1 aliphatic rings. The van der Waals surface area contributed by atoms with Crippen molar-refractivity contribution >= 4 is 27.1 Å². The first-order valence-corrected chi connectivity index (χ1v) is 8.45. The van der Waals surface area contributed by atoms with Gasteiger partial charge in [-0.3, -0.25) is 0 Å². The number of nitrogens with one attached hydrogen (secondary N) is 1. The van der Waals surface area contributed by atoms with Crippen molar-refractivity contribution in [2.24, 2.45) is 5.92 Å². The Hall–Kier alpha value is -0.740. The predicted octanol–water partition coefficient (Wildman–Crippen LogP) is 3.34. The van der Waals surface area contributed by atoms with Crippen molar-refractivity contribution in [3.8, 4) is 0 Å². The van der Waals surface area contributed by atoms with Crippen LogP contribution in [0.15, 0.2) is 23.1 Å². The molecule has 0 spiro atoms. The van der Waals surface area contributed by atoms with Gasteiger partial charge in [0, 0.05) is 12.3 Å². The van der Waals surface area contributed by atoms with Crippen LogP contribution in [0, 0.1) is 5.92 Å². The lowest BCUT2D eigenvalue weighted by atomic mass is 10.1. The molecule has 5 heteroatoms. The molecule has 1 fully saturated rings. The van der Waals surface area contributed by atoms with Gasteiger partial charge in [-0.15, -0.1) is 0 Å². The maximum atomic E-state index is 11.5. The molecule has 100 valence electrons. The van der Waals surface area contributed by atoms with Crippen LogP contribution in [-0.4, -0.2) is 20.7 Å². The quantitative estimate of drug-likeness (QED) is 0.903. The highest BCUT2D eigenvalue weighted by Crippen LogP contribution is 2.37. The first-order valence-electron chi connectivity index (χ1n) is 6.18. The van der Waals surface area contributed by atoms with Gasteiger partial charge in [-0.1, -0.05) is 18.5 Å². The Bertz CT molecular complexity index is 538. The molecule has 1 N–H and O–H groups in total. The Morgan fingerprint density at radius 2 is 2.11 bits per heavy atom. The average Bonchev–Trinajstić information content (AvgIpc) is 3.10. The zero-order valence-electron chi connectivity index (χ0n) is 10.6. The topological polar surface area (TPSA) is 46.2 Å². The van der Waals surface area contributed by atoms with Crippen molar-refractivity contribution in [2.75, 3.05) is 11.6 Å². The van der Waals surface area contributed by atoms with Crippen molar-refractivity contribution in [1.29, 1.82) is 0 Å². The number of anilines is 1. The van der Waals surface area contributed by atoms with Gasteiger partial charge in [-0.25, -0.2) is 8.42 Å². The van der Waals surface area contributed by atoms with E-state index in [4.69, 9.17) is 11.6 Å². The first kappa shape index (κ1) is 13.7. The van der Waals surface area contributed by atoms with E-state index in [0.29, 0.717) is 21.9 Å². The highest BCUT2D eigenvalue weighted by atomic mass is 35.5. The fourth-order valence-electron chi connectivity index (χ4n) is 2.10. The van der Waals surface area contributed by atoms with E-state index in [1.165, 1.54) is 19.1 Å². The zero-order chi connectivity index (χ0) is 13.3. The second-order valence-electron chi connectivity index (χ2n) is 4.91. The van der Waals surface area contributed by atoms with Crippen LogP contribution in [0.1, 0.15) is 26.2 Å². The maximum Gasteiger partial charge on any atom is 0.175 e. The summed E-state index contributed by atoms with van der Waals surface area (Å²) in [7, 11) is -3.19. The van der Waals surface area contributed by atoms with Crippen LogP contribution in [0.25, 0.3) is 0 Å². The molecule has 1 aromatic carbocycles. The zero-order valence-corrected chi connectivity index (χ0v) is 12.2. The van der Waals surface area contributed by atoms with Gasteiger partial charge in [0.1, 0.15) is 0 Å². The molecule has 0 saturated heterocycles. The van der Waals surface area contributed by atoms with Crippen LogP contribution in [0.3, 0.4) is 0 Å². The third-order valence-electron chi connectivity index (χ3n) is 3.34. The average molecular weight is 288 g/mol. The summed E-state index contributed by atoms with van der Waals surface area (Å²) in [5, 5.41) is 3.95. The Morgan fingerprint density at radius 1 is 1.44 bits per heavy atom. The number of rotatable bonds is 5. The highest BCUT2D eigenvalue weighted by molar-refractivity contribution is 7.90. The van der Waals surface area contributed by atoms with Gasteiger partial charge in [0.15, 0.2) is 9.84 Å². The molecule has 1 unspecified atom stereocenters. The molecule has 0 radical (unpaired) electrons. The van der Waals surface area contributed by atoms with Gasteiger partial charge in [-0.2, -0.15) is 0 Å². The summed E-state index contributed by atoms with van der Waals surface area (Å²) in [6.07, 6.45) is 4.71. The summed E-state index contributed by atoms with van der Waals surface area (Å²) >= 11 is 6.12. The lowest BCUT2D eigenvalue weighted by Gasteiger charge is -2.19. The Labute approximate surface area is 113 Å². The fraction of sp³-hybridized carbons (Fsp3) is 0.538. The second-order valence-corrected chi connectivity index (χ2v) is 7.33. The molecule has 1 aromatic rings. The third kappa shape index (κ3) is 3.18. The van der Waals surface area contributed by atoms with Gasteiger partial charge in [-0.05, 0) is 43.4 Å². The largest absolute Gasteiger partial charge is 0.381 e. The first-order chi connectivity index (χ1) is 8.41. The molecule has 18 heavy (non-hydrogen) atoms. The van der Waals surface area contributed by atoms with Crippen LogP contribution >= 0.6 is 11.6 Å². The maximum absolute atomic E-state index is 11.5. The summed E-state index contributed by atoms with van der Waals surface area (Å²) < 4.78 is 23.1. The van der Waals surface area contributed by atoms with Crippen molar-refractivity contribution in [2.45, 2.75) is 37.1 Å². The molecule has 1 atom stereocenters. The minimum atomic E-state index is -3.19. The molecule has 0 amide bonds. The highest BCUT2D eigenvalue weighted by Gasteiger charge is 2.30. The predicted molar refractivity (Wildman–Crippen MR) is 75.0 cm³/mol. The minimum Gasteiger partial charge on any atom is -0.381 e. The monoisotopic (exact) mass is 287 g/mol. The van der Waals surface area contributed by atoms with E-state index in [1.807, 2.05) is 0 Å². The van der Waals surface area contributed by atoms with Crippen molar-refractivity contribution in [1.82, 2.24) is 0 Å². The van der Waals surface area contributed by atoms with Crippen molar-refractivity contribution < 1.29 is 8.42 Å². The molecule has 0 aromatic heterocycles. The smallest absolute Gasteiger partial charge is 0.175 e. The molecule has 1 saturated carbocycles. The number of hydrogen-bond acceptors (Lipinski definition) is 3. The van der Waals surface area contributed by atoms with E-state index < -0.39 is 9.84 Å². The van der Waals surface area contributed by atoms with Gasteiger partial charge in [0.25, 0.3) is 0 Å². The van der Waals surface area contributed by atoms with Crippen molar-refractivity contribution in [3.63, 3.8) is 0 Å². The summed E-state index contributed by atoms with van der Waals surface area (Å²) in [6, 6.07) is 5.20. The molecular weight excluding hydrogens is 270 g/mol. The number of benzene rings is 1. The van der Waals surface area contributed by atoms with Crippen LogP contribution in [-0.2, 0) is 9.84 Å². The molecule has 0 aliphatic heterocycles. The molecule has 0 heterocycles. The van der Waals surface area contributed by atoms with Crippen LogP contribution in [0.2, 0.25) is 5.02 Å². The molecule has 0 bridgehead atoms. The fourth-order valence-corrected chi connectivity index (χ4v) is 2.92. The Kier molecular flexibility index (Phi) is 3.87. The Morgan fingerprint density at radius 3 is 2.61 bits per heavy atom. The SMILES string of the molecule is CCC(Nc1cc(S(C)(=O)=O)ccc1Cl)C1CC1. The minimum absolute atomic E-state index is 0.306. The summed E-state index contributed by atoms with van der Waals surface area (Å²) in [6.45, 7) is 2.13.